The van der Waals surface area contributed by atoms with Crippen LogP contribution < -0.4 is 10.6 Å². The van der Waals surface area contributed by atoms with Gasteiger partial charge in [-0.3, -0.25) is 10.1 Å². The van der Waals surface area contributed by atoms with E-state index in [1.165, 1.54) is 11.1 Å². The number of aryl methyl sites for hydroxylation is 1. The highest BCUT2D eigenvalue weighted by atomic mass is 16.6. The van der Waals surface area contributed by atoms with Crippen LogP contribution in [0.1, 0.15) is 61.1 Å². The van der Waals surface area contributed by atoms with Crippen LogP contribution in [0.4, 0.5) is 10.5 Å². The van der Waals surface area contributed by atoms with Gasteiger partial charge in [0.05, 0.1) is 6.04 Å². The third-order valence-corrected chi connectivity index (χ3v) is 4.44. The van der Waals surface area contributed by atoms with Crippen LogP contribution in [0.2, 0.25) is 0 Å². The number of carbonyl (C=O) groups is 2. The smallest absolute Gasteiger partial charge is 0.412 e. The van der Waals surface area contributed by atoms with Gasteiger partial charge in [-0.05, 0) is 69.4 Å². The molecule has 0 fully saturated rings. The molecule has 3 rings (SSSR count). The Morgan fingerprint density at radius 3 is 2.63 bits per heavy atom. The van der Waals surface area contributed by atoms with Crippen molar-refractivity contribution in [2.24, 2.45) is 0 Å². The summed E-state index contributed by atoms with van der Waals surface area (Å²) < 4.78 is 5.25. The molecule has 27 heavy (non-hydrogen) atoms. The van der Waals surface area contributed by atoms with Gasteiger partial charge < -0.3 is 10.1 Å². The van der Waals surface area contributed by atoms with Crippen molar-refractivity contribution in [3.05, 3.63) is 65.2 Å². The molecule has 1 aliphatic carbocycles. The summed E-state index contributed by atoms with van der Waals surface area (Å²) in [5, 5.41) is 5.80. The minimum atomic E-state index is -0.576. The van der Waals surface area contributed by atoms with Crippen molar-refractivity contribution in [2.45, 2.75) is 51.7 Å². The Kier molecular flexibility index (Phi) is 5.49. The molecule has 142 valence electrons. The summed E-state index contributed by atoms with van der Waals surface area (Å²) in [5.74, 6) is -0.149. The predicted octanol–water partition coefficient (Wildman–Crippen LogP) is 4.84. The largest absolute Gasteiger partial charge is 0.444 e. The van der Waals surface area contributed by atoms with Gasteiger partial charge in [-0.2, -0.15) is 0 Å². The van der Waals surface area contributed by atoms with Gasteiger partial charge in [-0.25, -0.2) is 4.79 Å². The molecule has 1 aliphatic rings. The molecule has 0 spiro atoms. The number of hydrogen-bond acceptors (Lipinski definition) is 3. The Labute approximate surface area is 160 Å². The van der Waals surface area contributed by atoms with Gasteiger partial charge in [0.15, 0.2) is 0 Å². The van der Waals surface area contributed by atoms with E-state index in [1.807, 2.05) is 12.1 Å². The first-order chi connectivity index (χ1) is 12.8. The number of benzene rings is 2. The van der Waals surface area contributed by atoms with E-state index in [2.05, 4.69) is 22.8 Å². The zero-order valence-electron chi connectivity index (χ0n) is 16.0. The van der Waals surface area contributed by atoms with Gasteiger partial charge >= 0.3 is 6.09 Å². The molecule has 2 aromatic rings. The number of anilines is 1. The summed E-state index contributed by atoms with van der Waals surface area (Å²) >= 11 is 0. The molecule has 0 aromatic heterocycles. The first-order valence-corrected chi connectivity index (χ1v) is 9.30. The molecule has 0 aliphatic heterocycles. The van der Waals surface area contributed by atoms with Crippen LogP contribution in [0, 0.1) is 0 Å². The summed E-state index contributed by atoms with van der Waals surface area (Å²) in [7, 11) is 0. The lowest BCUT2D eigenvalue weighted by Crippen LogP contribution is -2.31. The monoisotopic (exact) mass is 366 g/mol. The van der Waals surface area contributed by atoms with Gasteiger partial charge in [-0.1, -0.05) is 30.3 Å². The second kappa shape index (κ2) is 7.82. The van der Waals surface area contributed by atoms with E-state index in [0.29, 0.717) is 11.3 Å². The van der Waals surface area contributed by atoms with E-state index in [0.717, 1.165) is 19.3 Å². The lowest BCUT2D eigenvalue weighted by atomic mass is 9.87. The molecule has 2 N–H and O–H groups in total. The molecule has 2 amide bonds. The summed E-state index contributed by atoms with van der Waals surface area (Å²) in [6.45, 7) is 5.41. The summed E-state index contributed by atoms with van der Waals surface area (Å²) in [6, 6.07) is 15.2. The fourth-order valence-corrected chi connectivity index (χ4v) is 3.31. The Morgan fingerprint density at radius 1 is 1.07 bits per heavy atom. The highest BCUT2D eigenvalue weighted by Crippen LogP contribution is 2.29. The topological polar surface area (TPSA) is 67.4 Å². The van der Waals surface area contributed by atoms with Crippen LogP contribution in [0.3, 0.4) is 0 Å². The summed E-state index contributed by atoms with van der Waals surface area (Å²) in [5.41, 5.74) is 2.95. The normalized spacial score (nSPS) is 16.2. The first kappa shape index (κ1) is 19.0. The van der Waals surface area contributed by atoms with E-state index in [1.54, 1.807) is 45.0 Å². The maximum atomic E-state index is 12.7. The van der Waals surface area contributed by atoms with Crippen molar-refractivity contribution in [1.82, 2.24) is 5.32 Å². The molecule has 0 radical (unpaired) electrons. The molecule has 0 saturated carbocycles. The van der Waals surface area contributed by atoms with Gasteiger partial charge in [0.1, 0.15) is 5.60 Å². The molecule has 0 unspecified atom stereocenters. The number of rotatable bonds is 3. The van der Waals surface area contributed by atoms with Gasteiger partial charge in [-0.15, -0.1) is 0 Å². The van der Waals surface area contributed by atoms with Crippen molar-refractivity contribution in [1.29, 1.82) is 0 Å². The Hall–Kier alpha value is -2.82. The van der Waals surface area contributed by atoms with Crippen molar-refractivity contribution in [3.8, 4) is 0 Å². The second-order valence-electron chi connectivity index (χ2n) is 7.82. The van der Waals surface area contributed by atoms with Crippen molar-refractivity contribution >= 4 is 17.7 Å². The highest BCUT2D eigenvalue weighted by Gasteiger charge is 2.22. The van der Waals surface area contributed by atoms with Crippen LogP contribution in [-0.4, -0.2) is 17.6 Å². The average Bonchev–Trinajstić information content (AvgIpc) is 2.60. The lowest BCUT2D eigenvalue weighted by Gasteiger charge is -2.26. The number of fused-ring (bicyclic) bond motifs is 1. The minimum absolute atomic E-state index is 0.0184. The molecule has 0 heterocycles. The minimum Gasteiger partial charge on any atom is -0.444 e. The fourth-order valence-electron chi connectivity index (χ4n) is 3.31. The molecule has 0 bridgehead atoms. The summed E-state index contributed by atoms with van der Waals surface area (Å²) in [6.07, 6.45) is 2.50. The van der Waals surface area contributed by atoms with Gasteiger partial charge in [0.2, 0.25) is 0 Å². The maximum Gasteiger partial charge on any atom is 0.412 e. The van der Waals surface area contributed by atoms with Crippen LogP contribution in [0.5, 0.6) is 0 Å². The molecule has 1 atom stereocenters. The van der Waals surface area contributed by atoms with Crippen molar-refractivity contribution in [3.63, 3.8) is 0 Å². The average molecular weight is 366 g/mol. The molecule has 5 nitrogen and oxygen atoms in total. The van der Waals surface area contributed by atoms with E-state index in [4.69, 9.17) is 4.74 Å². The standard InChI is InChI=1S/C22H26N2O3/c1-22(2,3)27-21(26)23-17-11-6-10-16(14-17)20(25)24-19-13-7-9-15-8-4-5-12-18(15)19/h4-6,8,10-12,14,19H,7,9,13H2,1-3H3,(H,23,26)(H,24,25)/t19-/m0/s1. The van der Waals surface area contributed by atoms with Crippen LogP contribution >= 0.6 is 0 Å². The fraction of sp³-hybridized carbons (Fsp3) is 0.364. The quantitative estimate of drug-likeness (QED) is 0.817. The van der Waals surface area contributed by atoms with Crippen LogP contribution in [-0.2, 0) is 11.2 Å². The molecular weight excluding hydrogens is 340 g/mol. The number of carbonyl (C=O) groups excluding carboxylic acids is 2. The highest BCUT2D eigenvalue weighted by molar-refractivity contribution is 5.96. The second-order valence-corrected chi connectivity index (χ2v) is 7.82. The predicted molar refractivity (Wildman–Crippen MR) is 106 cm³/mol. The zero-order valence-corrected chi connectivity index (χ0v) is 16.0. The number of hydrogen-bond donors (Lipinski definition) is 2. The summed E-state index contributed by atoms with van der Waals surface area (Å²) in [4.78, 5) is 24.7. The lowest BCUT2D eigenvalue weighted by molar-refractivity contribution is 0.0635. The Morgan fingerprint density at radius 2 is 1.85 bits per heavy atom. The van der Waals surface area contributed by atoms with Crippen molar-refractivity contribution in [2.75, 3.05) is 5.32 Å². The van der Waals surface area contributed by atoms with Gasteiger partial charge in [0.25, 0.3) is 5.91 Å². The third-order valence-electron chi connectivity index (χ3n) is 4.44. The molecule has 5 heteroatoms. The Balaban J connectivity index is 1.69. The van der Waals surface area contributed by atoms with Gasteiger partial charge in [0, 0.05) is 11.3 Å². The zero-order chi connectivity index (χ0) is 19.4. The van der Waals surface area contributed by atoms with E-state index < -0.39 is 11.7 Å². The maximum absolute atomic E-state index is 12.7. The van der Waals surface area contributed by atoms with E-state index >= 15 is 0 Å². The Bertz CT molecular complexity index is 839. The van der Waals surface area contributed by atoms with E-state index in [-0.39, 0.29) is 11.9 Å². The SMILES string of the molecule is CC(C)(C)OC(=O)Nc1cccc(C(=O)N[C@H]2CCCc3ccccc32)c1. The third kappa shape index (κ3) is 5.09. The number of ether oxygens (including phenoxy) is 1. The molecule has 2 aromatic carbocycles. The van der Waals surface area contributed by atoms with Crippen LogP contribution in [0.25, 0.3) is 0 Å². The first-order valence-electron chi connectivity index (χ1n) is 9.30. The van der Waals surface area contributed by atoms with Crippen molar-refractivity contribution < 1.29 is 14.3 Å². The number of nitrogens with one attached hydrogen (secondary N) is 2. The molecule has 0 saturated heterocycles. The van der Waals surface area contributed by atoms with E-state index in [9.17, 15) is 9.59 Å². The number of amides is 2. The molecular formula is C22H26N2O3. The van der Waals surface area contributed by atoms with Crippen LogP contribution in [0.15, 0.2) is 48.5 Å².